The van der Waals surface area contributed by atoms with Gasteiger partial charge in [-0.05, 0) is 30.5 Å². The van der Waals surface area contributed by atoms with E-state index in [1.807, 2.05) is 36.4 Å². The number of fused-ring (bicyclic) bond motifs is 1. The summed E-state index contributed by atoms with van der Waals surface area (Å²) in [5, 5.41) is 2.85. The SMILES string of the molecule is O=C(CCN1C(=O)C2CC=CCC2C1=O)Nc1ccc(CN2CCOCC2)cc1. The number of carbonyl (C=O) groups is 3. The van der Waals surface area contributed by atoms with Crippen LogP contribution < -0.4 is 5.32 Å². The van der Waals surface area contributed by atoms with E-state index in [4.69, 9.17) is 4.74 Å². The summed E-state index contributed by atoms with van der Waals surface area (Å²) in [6, 6.07) is 7.80. The summed E-state index contributed by atoms with van der Waals surface area (Å²) >= 11 is 0. The van der Waals surface area contributed by atoms with Crippen molar-refractivity contribution in [3.8, 4) is 0 Å². The van der Waals surface area contributed by atoms with Gasteiger partial charge in [-0.15, -0.1) is 0 Å². The highest BCUT2D eigenvalue weighted by atomic mass is 16.5. The highest BCUT2D eigenvalue weighted by Gasteiger charge is 2.46. The van der Waals surface area contributed by atoms with E-state index >= 15 is 0 Å². The van der Waals surface area contributed by atoms with E-state index in [2.05, 4.69) is 10.2 Å². The zero-order valence-electron chi connectivity index (χ0n) is 16.5. The van der Waals surface area contributed by atoms with Crippen molar-refractivity contribution in [2.24, 2.45) is 11.8 Å². The van der Waals surface area contributed by atoms with Gasteiger partial charge < -0.3 is 10.1 Å². The van der Waals surface area contributed by atoms with Crippen molar-refractivity contribution >= 4 is 23.4 Å². The van der Waals surface area contributed by atoms with Crippen molar-refractivity contribution in [2.75, 3.05) is 38.2 Å². The molecule has 7 nitrogen and oxygen atoms in total. The predicted molar refractivity (Wildman–Crippen MR) is 108 cm³/mol. The van der Waals surface area contributed by atoms with Crippen LogP contribution in [-0.4, -0.2) is 60.4 Å². The molecule has 154 valence electrons. The fourth-order valence-electron chi connectivity index (χ4n) is 4.24. The molecule has 2 unspecified atom stereocenters. The second-order valence-electron chi connectivity index (χ2n) is 7.87. The van der Waals surface area contributed by atoms with Gasteiger partial charge in [0.25, 0.3) is 0 Å². The highest BCUT2D eigenvalue weighted by Crippen LogP contribution is 2.35. The van der Waals surface area contributed by atoms with Crippen LogP contribution in [0.15, 0.2) is 36.4 Å². The lowest BCUT2D eigenvalue weighted by molar-refractivity contribution is -0.140. The molecule has 2 atom stereocenters. The molecule has 2 saturated heterocycles. The summed E-state index contributed by atoms with van der Waals surface area (Å²) in [6.07, 6.45) is 5.28. The molecule has 1 aliphatic carbocycles. The zero-order chi connectivity index (χ0) is 20.2. The topological polar surface area (TPSA) is 79.0 Å². The van der Waals surface area contributed by atoms with Crippen LogP contribution in [0.2, 0.25) is 0 Å². The number of benzene rings is 1. The number of nitrogens with zero attached hydrogens (tertiary/aromatic N) is 2. The minimum atomic E-state index is -0.241. The van der Waals surface area contributed by atoms with Gasteiger partial charge >= 0.3 is 0 Å². The number of imide groups is 1. The van der Waals surface area contributed by atoms with E-state index < -0.39 is 0 Å². The smallest absolute Gasteiger partial charge is 0.233 e. The molecule has 2 aliphatic heterocycles. The van der Waals surface area contributed by atoms with Gasteiger partial charge in [0.1, 0.15) is 0 Å². The van der Waals surface area contributed by atoms with Gasteiger partial charge in [0.2, 0.25) is 17.7 Å². The van der Waals surface area contributed by atoms with E-state index in [0.717, 1.165) is 38.5 Å². The van der Waals surface area contributed by atoms with Crippen LogP contribution in [0.4, 0.5) is 5.69 Å². The molecular weight excluding hydrogens is 370 g/mol. The predicted octanol–water partition coefficient (Wildman–Crippen LogP) is 1.80. The average Bonchev–Trinajstić information content (AvgIpc) is 2.99. The van der Waals surface area contributed by atoms with Crippen molar-refractivity contribution in [2.45, 2.75) is 25.8 Å². The monoisotopic (exact) mass is 397 g/mol. The summed E-state index contributed by atoms with van der Waals surface area (Å²) in [4.78, 5) is 40.8. The highest BCUT2D eigenvalue weighted by molar-refractivity contribution is 6.05. The summed E-state index contributed by atoms with van der Waals surface area (Å²) < 4.78 is 5.36. The second-order valence-corrected chi connectivity index (χ2v) is 7.87. The summed E-state index contributed by atoms with van der Waals surface area (Å²) in [6.45, 7) is 4.43. The van der Waals surface area contributed by atoms with E-state index in [1.165, 1.54) is 10.5 Å². The Balaban J connectivity index is 1.25. The van der Waals surface area contributed by atoms with Crippen molar-refractivity contribution in [1.82, 2.24) is 9.80 Å². The number of ether oxygens (including phenoxy) is 1. The van der Waals surface area contributed by atoms with Gasteiger partial charge in [-0.2, -0.15) is 0 Å². The average molecular weight is 397 g/mol. The standard InChI is InChI=1S/C22H27N3O4/c26-20(9-10-25-21(27)18-3-1-2-4-19(18)22(25)28)23-17-7-5-16(6-8-17)15-24-11-13-29-14-12-24/h1-2,5-8,18-19H,3-4,9-15H2,(H,23,26). The Morgan fingerprint density at radius 1 is 1.00 bits per heavy atom. The Hall–Kier alpha value is -2.51. The third-order valence-corrected chi connectivity index (χ3v) is 5.91. The molecule has 2 heterocycles. The minimum absolute atomic E-state index is 0.111. The Kier molecular flexibility index (Phi) is 6.06. The number of allylic oxidation sites excluding steroid dienone is 2. The fourth-order valence-corrected chi connectivity index (χ4v) is 4.24. The number of nitrogens with one attached hydrogen (secondary N) is 1. The van der Waals surface area contributed by atoms with E-state index in [0.29, 0.717) is 12.8 Å². The van der Waals surface area contributed by atoms with Crippen molar-refractivity contribution in [1.29, 1.82) is 0 Å². The maximum absolute atomic E-state index is 12.4. The third-order valence-electron chi connectivity index (χ3n) is 5.91. The third kappa shape index (κ3) is 4.57. The maximum Gasteiger partial charge on any atom is 0.233 e. The molecule has 0 saturated carbocycles. The Bertz CT molecular complexity index is 773. The number of anilines is 1. The number of carbonyl (C=O) groups excluding carboxylic acids is 3. The maximum atomic E-state index is 12.4. The quantitative estimate of drug-likeness (QED) is 0.585. The number of likely N-dealkylation sites (tertiary alicyclic amines) is 1. The van der Waals surface area contributed by atoms with Gasteiger partial charge in [0, 0.05) is 38.3 Å². The molecule has 1 N–H and O–H groups in total. The summed E-state index contributed by atoms with van der Waals surface area (Å²) in [5.41, 5.74) is 1.91. The molecule has 29 heavy (non-hydrogen) atoms. The first kappa shape index (κ1) is 19.8. The molecule has 0 spiro atoms. The van der Waals surface area contributed by atoms with Crippen LogP contribution in [0.1, 0.15) is 24.8 Å². The van der Waals surface area contributed by atoms with Gasteiger partial charge in [0.15, 0.2) is 0 Å². The number of amides is 3. The first-order valence-electron chi connectivity index (χ1n) is 10.3. The lowest BCUT2D eigenvalue weighted by Crippen LogP contribution is -2.35. The number of morpholine rings is 1. The minimum Gasteiger partial charge on any atom is -0.379 e. The first-order chi connectivity index (χ1) is 14.1. The molecule has 1 aromatic carbocycles. The second kappa shape index (κ2) is 8.88. The molecule has 1 aromatic rings. The van der Waals surface area contributed by atoms with Crippen molar-refractivity contribution in [3.05, 3.63) is 42.0 Å². The van der Waals surface area contributed by atoms with Crippen molar-refractivity contribution in [3.63, 3.8) is 0 Å². The Morgan fingerprint density at radius 2 is 1.62 bits per heavy atom. The summed E-state index contributed by atoms with van der Waals surface area (Å²) in [5.74, 6) is -0.946. The normalized spacial score (nSPS) is 24.6. The molecule has 0 aromatic heterocycles. The van der Waals surface area contributed by atoms with Crippen LogP contribution >= 0.6 is 0 Å². The van der Waals surface area contributed by atoms with E-state index in [9.17, 15) is 14.4 Å². The summed E-state index contributed by atoms with van der Waals surface area (Å²) in [7, 11) is 0. The fraction of sp³-hybridized carbons (Fsp3) is 0.500. The van der Waals surface area contributed by atoms with Gasteiger partial charge in [-0.3, -0.25) is 24.2 Å². The van der Waals surface area contributed by atoms with Crippen LogP contribution in [0.3, 0.4) is 0 Å². The van der Waals surface area contributed by atoms with Gasteiger partial charge in [0.05, 0.1) is 25.0 Å². The number of rotatable bonds is 6. The molecular formula is C22H27N3O4. The Labute approximate surface area is 170 Å². The van der Waals surface area contributed by atoms with E-state index in [-0.39, 0.29) is 42.5 Å². The zero-order valence-corrected chi connectivity index (χ0v) is 16.5. The lowest BCUT2D eigenvalue weighted by Gasteiger charge is -2.26. The van der Waals surface area contributed by atoms with Crippen LogP contribution in [0.25, 0.3) is 0 Å². The molecule has 2 fully saturated rings. The molecule has 7 heteroatoms. The van der Waals surface area contributed by atoms with Gasteiger partial charge in [-0.1, -0.05) is 24.3 Å². The molecule has 3 aliphatic rings. The molecule has 3 amide bonds. The van der Waals surface area contributed by atoms with E-state index in [1.54, 1.807) is 0 Å². The van der Waals surface area contributed by atoms with Crippen LogP contribution in [0.5, 0.6) is 0 Å². The van der Waals surface area contributed by atoms with Crippen LogP contribution in [0, 0.1) is 11.8 Å². The number of hydrogen-bond donors (Lipinski definition) is 1. The largest absolute Gasteiger partial charge is 0.379 e. The first-order valence-corrected chi connectivity index (χ1v) is 10.3. The number of hydrogen-bond acceptors (Lipinski definition) is 5. The van der Waals surface area contributed by atoms with Crippen LogP contribution in [-0.2, 0) is 25.7 Å². The Morgan fingerprint density at radius 3 is 2.24 bits per heavy atom. The molecule has 0 radical (unpaired) electrons. The molecule has 0 bridgehead atoms. The lowest BCUT2D eigenvalue weighted by atomic mass is 9.85. The molecule has 4 rings (SSSR count). The van der Waals surface area contributed by atoms with Crippen molar-refractivity contribution < 1.29 is 19.1 Å². The van der Waals surface area contributed by atoms with Gasteiger partial charge in [-0.25, -0.2) is 0 Å².